The average molecular weight is 313 g/mol. The van der Waals surface area contributed by atoms with E-state index in [1.54, 1.807) is 6.07 Å². The monoisotopic (exact) mass is 313 g/mol. The zero-order valence-corrected chi connectivity index (χ0v) is 13.6. The van der Waals surface area contributed by atoms with E-state index >= 15 is 0 Å². The van der Waals surface area contributed by atoms with Crippen LogP contribution in [0, 0.1) is 6.92 Å². The van der Waals surface area contributed by atoms with Crippen LogP contribution in [0.4, 0.5) is 0 Å². The lowest BCUT2D eigenvalue weighted by Crippen LogP contribution is -2.41. The second-order valence-electron chi connectivity index (χ2n) is 5.61. The van der Waals surface area contributed by atoms with Gasteiger partial charge in [0.1, 0.15) is 0 Å². The number of Topliss-reactive ketones (excluding diaryl/α,β-unsaturated/α-hetero) is 1. The Morgan fingerprint density at radius 2 is 1.70 bits per heavy atom. The van der Waals surface area contributed by atoms with Gasteiger partial charge in [0.25, 0.3) is 11.5 Å². The van der Waals surface area contributed by atoms with Crippen LogP contribution in [0.3, 0.4) is 0 Å². The molecule has 1 aromatic heterocycles. The summed E-state index contributed by atoms with van der Waals surface area (Å²) in [6, 6.07) is 9.27. The zero-order chi connectivity index (χ0) is 17.1. The molecule has 0 radical (unpaired) electrons. The van der Waals surface area contributed by atoms with Gasteiger partial charge in [0.2, 0.25) is 0 Å². The Balaban J connectivity index is 2.55. The molecule has 0 aliphatic carbocycles. The van der Waals surface area contributed by atoms with E-state index in [2.05, 4.69) is 5.10 Å². The van der Waals surface area contributed by atoms with Crippen molar-refractivity contribution in [1.29, 1.82) is 0 Å². The maximum atomic E-state index is 12.2. The largest absolute Gasteiger partial charge is 0.347 e. The normalized spacial score (nSPS) is 11.8. The van der Waals surface area contributed by atoms with Crippen LogP contribution in [0.15, 0.2) is 41.2 Å². The molecule has 2 rings (SSSR count). The summed E-state index contributed by atoms with van der Waals surface area (Å²) in [7, 11) is 3.07. The Morgan fingerprint density at radius 1 is 1.09 bits per heavy atom. The predicted octanol–water partition coefficient (Wildman–Crippen LogP) is 1.44. The van der Waals surface area contributed by atoms with Crippen LogP contribution in [0.5, 0.6) is 0 Å². The van der Waals surface area contributed by atoms with Crippen LogP contribution < -0.4 is 5.56 Å². The van der Waals surface area contributed by atoms with Crippen LogP contribution >= 0.6 is 0 Å². The first kappa shape index (κ1) is 16.6. The summed E-state index contributed by atoms with van der Waals surface area (Å²) in [4.78, 5) is 37.5. The van der Waals surface area contributed by atoms with Gasteiger partial charge in [0.15, 0.2) is 11.8 Å². The second kappa shape index (κ2) is 6.56. The minimum atomic E-state index is -1.25. The smallest absolute Gasteiger partial charge is 0.267 e. The summed E-state index contributed by atoms with van der Waals surface area (Å²) in [5.74, 6) is -0.910. The van der Waals surface area contributed by atoms with E-state index < -0.39 is 23.3 Å². The molecule has 6 nitrogen and oxygen atoms in total. The van der Waals surface area contributed by atoms with E-state index in [0.29, 0.717) is 5.69 Å². The molecule has 1 heterocycles. The van der Waals surface area contributed by atoms with Crippen molar-refractivity contribution < 1.29 is 9.59 Å². The molecule has 6 heteroatoms. The fourth-order valence-corrected chi connectivity index (χ4v) is 2.18. The molecule has 0 saturated carbocycles. The van der Waals surface area contributed by atoms with Gasteiger partial charge in [-0.25, -0.2) is 4.68 Å². The fraction of sp³-hybridized carbons (Fsp3) is 0.294. The Morgan fingerprint density at radius 3 is 2.22 bits per heavy atom. The van der Waals surface area contributed by atoms with Gasteiger partial charge in [0, 0.05) is 25.7 Å². The van der Waals surface area contributed by atoms with Crippen molar-refractivity contribution in [2.45, 2.75) is 19.9 Å². The van der Waals surface area contributed by atoms with E-state index in [-0.39, 0.29) is 0 Å². The van der Waals surface area contributed by atoms with Crippen molar-refractivity contribution in [2.75, 3.05) is 14.1 Å². The number of aromatic nitrogens is 2. The highest BCUT2D eigenvalue weighted by Gasteiger charge is 2.29. The van der Waals surface area contributed by atoms with Crippen molar-refractivity contribution in [2.24, 2.45) is 0 Å². The van der Waals surface area contributed by atoms with E-state index in [1.807, 2.05) is 31.2 Å². The van der Waals surface area contributed by atoms with Gasteiger partial charge < -0.3 is 4.90 Å². The van der Waals surface area contributed by atoms with E-state index in [0.717, 1.165) is 15.8 Å². The van der Waals surface area contributed by atoms with Gasteiger partial charge in [-0.2, -0.15) is 5.10 Å². The van der Waals surface area contributed by atoms with Crippen molar-refractivity contribution >= 4 is 11.7 Å². The topological polar surface area (TPSA) is 72.3 Å². The Kier molecular flexibility index (Phi) is 4.74. The molecule has 0 fully saturated rings. The molecule has 23 heavy (non-hydrogen) atoms. The van der Waals surface area contributed by atoms with Gasteiger partial charge in [-0.1, -0.05) is 29.8 Å². The lowest BCUT2D eigenvalue weighted by atomic mass is 10.1. The van der Waals surface area contributed by atoms with Crippen LogP contribution in [0.2, 0.25) is 0 Å². The van der Waals surface area contributed by atoms with Crippen LogP contribution in [0.25, 0.3) is 11.3 Å². The number of nitrogens with zero attached hydrogens (tertiary/aromatic N) is 3. The van der Waals surface area contributed by atoms with Gasteiger partial charge in [-0.3, -0.25) is 14.4 Å². The number of carbonyl (C=O) groups is 2. The summed E-state index contributed by atoms with van der Waals surface area (Å²) in [5, 5.41) is 4.23. The molecule has 0 aliphatic rings. The first-order valence-electron chi connectivity index (χ1n) is 7.20. The molecular weight excluding hydrogens is 294 g/mol. The Bertz CT molecular complexity index is 791. The van der Waals surface area contributed by atoms with Gasteiger partial charge >= 0.3 is 0 Å². The second-order valence-corrected chi connectivity index (χ2v) is 5.61. The number of amides is 1. The van der Waals surface area contributed by atoms with E-state index in [4.69, 9.17) is 0 Å². The van der Waals surface area contributed by atoms with Crippen LogP contribution in [0.1, 0.15) is 18.5 Å². The third-order valence-corrected chi connectivity index (χ3v) is 3.48. The van der Waals surface area contributed by atoms with Gasteiger partial charge in [-0.05, 0) is 19.9 Å². The Hall–Kier alpha value is -2.76. The molecule has 0 N–H and O–H groups in total. The highest BCUT2D eigenvalue weighted by molar-refractivity contribution is 6.02. The first-order chi connectivity index (χ1) is 10.8. The molecule has 0 aliphatic heterocycles. The highest BCUT2D eigenvalue weighted by Crippen LogP contribution is 2.17. The molecule has 0 spiro atoms. The summed E-state index contributed by atoms with van der Waals surface area (Å²) in [6.45, 7) is 3.25. The molecule has 120 valence electrons. The quantitative estimate of drug-likeness (QED) is 0.801. The van der Waals surface area contributed by atoms with Crippen molar-refractivity contribution in [1.82, 2.24) is 14.7 Å². The number of carbonyl (C=O) groups excluding carboxylic acids is 2. The molecule has 0 bridgehead atoms. The molecule has 1 atom stereocenters. The molecule has 0 unspecified atom stereocenters. The molecule has 1 amide bonds. The Labute approximate surface area is 134 Å². The summed E-state index contributed by atoms with van der Waals surface area (Å²) in [6.07, 6.45) is 0. The number of aryl methyl sites for hydroxylation is 1. The van der Waals surface area contributed by atoms with Gasteiger partial charge in [-0.15, -0.1) is 0 Å². The minimum Gasteiger partial charge on any atom is -0.347 e. The maximum absolute atomic E-state index is 12.2. The summed E-state index contributed by atoms with van der Waals surface area (Å²) >= 11 is 0. The number of hydrogen-bond donors (Lipinski definition) is 0. The van der Waals surface area contributed by atoms with Crippen molar-refractivity contribution in [3.63, 3.8) is 0 Å². The van der Waals surface area contributed by atoms with Gasteiger partial charge in [0.05, 0.1) is 5.69 Å². The fourth-order valence-electron chi connectivity index (χ4n) is 2.18. The third-order valence-electron chi connectivity index (χ3n) is 3.48. The number of hydrogen-bond acceptors (Lipinski definition) is 4. The van der Waals surface area contributed by atoms with E-state index in [9.17, 15) is 14.4 Å². The maximum Gasteiger partial charge on any atom is 0.267 e. The standard InChI is InChI=1S/C17H19N3O3/c1-11-5-7-13(8-6-11)14-9-10-15(22)20(18-14)16(12(2)21)17(23)19(3)4/h5-10,16H,1-4H3/t16-/m0/s1. The lowest BCUT2D eigenvalue weighted by molar-refractivity contribution is -0.138. The van der Waals surface area contributed by atoms with E-state index in [1.165, 1.54) is 32.0 Å². The number of rotatable bonds is 4. The highest BCUT2D eigenvalue weighted by atomic mass is 16.2. The van der Waals surface area contributed by atoms with Crippen LogP contribution in [-0.2, 0) is 9.59 Å². The lowest BCUT2D eigenvalue weighted by Gasteiger charge is -2.19. The number of benzene rings is 1. The molecule has 0 saturated heterocycles. The number of likely N-dealkylation sites (N-methyl/N-ethyl adjacent to an activating group) is 1. The van der Waals surface area contributed by atoms with Crippen molar-refractivity contribution in [3.8, 4) is 11.3 Å². The molecule has 2 aromatic rings. The predicted molar refractivity (Wildman–Crippen MR) is 87.1 cm³/mol. The summed E-state index contributed by atoms with van der Waals surface area (Å²) in [5.41, 5.74) is 1.95. The third kappa shape index (κ3) is 3.53. The van der Waals surface area contributed by atoms with Crippen LogP contribution in [-0.4, -0.2) is 40.5 Å². The molecular formula is C17H19N3O3. The molecule has 1 aromatic carbocycles. The van der Waals surface area contributed by atoms with Crippen molar-refractivity contribution in [3.05, 3.63) is 52.3 Å². The minimum absolute atomic E-state index is 0.431. The first-order valence-corrected chi connectivity index (χ1v) is 7.20. The number of ketones is 1. The SMILES string of the molecule is CC(=O)[C@@H](C(=O)N(C)C)n1nc(-c2ccc(C)cc2)ccc1=O. The average Bonchev–Trinajstić information content (AvgIpc) is 2.49. The zero-order valence-electron chi connectivity index (χ0n) is 13.6. The summed E-state index contributed by atoms with van der Waals surface area (Å²) < 4.78 is 0.958.